The van der Waals surface area contributed by atoms with E-state index >= 15 is 0 Å². The van der Waals surface area contributed by atoms with Gasteiger partial charge in [0.15, 0.2) is 0 Å². The van der Waals surface area contributed by atoms with Crippen molar-refractivity contribution in [1.29, 1.82) is 0 Å². The largest absolute Gasteiger partial charge is 0.242 e. The summed E-state index contributed by atoms with van der Waals surface area (Å²) in [5.74, 6) is 2.14. The van der Waals surface area contributed by atoms with E-state index in [1.165, 1.54) is 38.5 Å². The molecule has 0 aromatic heterocycles. The summed E-state index contributed by atoms with van der Waals surface area (Å²) in [5.41, 5.74) is 0. The van der Waals surface area contributed by atoms with Crippen LogP contribution in [-0.2, 0) is 0 Å². The minimum atomic E-state index is 1.07. The summed E-state index contributed by atoms with van der Waals surface area (Å²) in [7, 11) is 0. The van der Waals surface area contributed by atoms with Crippen LogP contribution in [0, 0.1) is 11.8 Å². The normalized spacial score (nSPS) is 24.0. The smallest absolute Gasteiger partial charge is 0.0136 e. The molecule has 1 radical (unpaired) electrons. The van der Waals surface area contributed by atoms with Gasteiger partial charge in [-0.1, -0.05) is 25.7 Å². The first-order chi connectivity index (χ1) is 5.45. The maximum absolute atomic E-state index is 4.53. The Kier molecular flexibility index (Phi) is 2.47. The minimum absolute atomic E-state index is 1.07. The summed E-state index contributed by atoms with van der Waals surface area (Å²) >= 11 is 0. The fourth-order valence-corrected chi connectivity index (χ4v) is 1.47. The standard InChI is InChI=1S/C10H18N/c1-2-9(1)5-7-11-8-6-10-3-4-10/h9-10H,1-8H2. The van der Waals surface area contributed by atoms with Crippen LogP contribution < -0.4 is 5.32 Å². The van der Waals surface area contributed by atoms with E-state index in [4.69, 9.17) is 0 Å². The highest BCUT2D eigenvalue weighted by molar-refractivity contribution is 4.75. The predicted octanol–water partition coefficient (Wildman–Crippen LogP) is 2.19. The third-order valence-electron chi connectivity index (χ3n) is 2.78. The second-order valence-electron chi connectivity index (χ2n) is 4.13. The first-order valence-corrected chi connectivity index (χ1v) is 5.08. The summed E-state index contributed by atoms with van der Waals surface area (Å²) in [4.78, 5) is 0. The van der Waals surface area contributed by atoms with Gasteiger partial charge >= 0.3 is 0 Å². The molecule has 63 valence electrons. The lowest BCUT2D eigenvalue weighted by Crippen LogP contribution is -2.09. The number of hydrogen-bond donors (Lipinski definition) is 0. The van der Waals surface area contributed by atoms with E-state index < -0.39 is 0 Å². The molecule has 2 saturated carbocycles. The molecule has 2 fully saturated rings. The van der Waals surface area contributed by atoms with Crippen molar-refractivity contribution in [2.24, 2.45) is 11.8 Å². The van der Waals surface area contributed by atoms with Gasteiger partial charge in [-0.2, -0.15) is 0 Å². The maximum Gasteiger partial charge on any atom is 0.0136 e. The molecule has 11 heavy (non-hydrogen) atoms. The molecule has 0 bridgehead atoms. The van der Waals surface area contributed by atoms with Gasteiger partial charge in [0.05, 0.1) is 0 Å². The Morgan fingerprint density at radius 1 is 0.818 bits per heavy atom. The van der Waals surface area contributed by atoms with Gasteiger partial charge in [0, 0.05) is 13.1 Å². The molecule has 0 amide bonds. The SMILES string of the molecule is C(CC1CC1)[N]CCC1CC1. The van der Waals surface area contributed by atoms with Gasteiger partial charge in [-0.05, 0) is 24.7 Å². The second kappa shape index (κ2) is 3.57. The summed E-state index contributed by atoms with van der Waals surface area (Å²) < 4.78 is 0. The molecule has 0 unspecified atom stereocenters. The van der Waals surface area contributed by atoms with Crippen molar-refractivity contribution in [3.63, 3.8) is 0 Å². The van der Waals surface area contributed by atoms with Crippen molar-refractivity contribution in [2.75, 3.05) is 13.1 Å². The zero-order chi connectivity index (χ0) is 7.52. The third kappa shape index (κ3) is 3.24. The molecule has 0 saturated heterocycles. The first-order valence-electron chi connectivity index (χ1n) is 5.08. The molecular weight excluding hydrogens is 134 g/mol. The third-order valence-corrected chi connectivity index (χ3v) is 2.78. The number of nitrogens with zero attached hydrogens (tertiary/aromatic N) is 1. The summed E-state index contributed by atoms with van der Waals surface area (Å²) in [6.45, 7) is 2.30. The number of hydrogen-bond acceptors (Lipinski definition) is 0. The lowest BCUT2D eigenvalue weighted by atomic mass is 10.2. The maximum atomic E-state index is 4.53. The molecule has 0 spiro atoms. The average molecular weight is 152 g/mol. The molecule has 0 aliphatic heterocycles. The van der Waals surface area contributed by atoms with Crippen LogP contribution in [0.4, 0.5) is 0 Å². The Balaban J connectivity index is 1.35. The predicted molar refractivity (Wildman–Crippen MR) is 46.6 cm³/mol. The van der Waals surface area contributed by atoms with Gasteiger partial charge in [0.1, 0.15) is 0 Å². The van der Waals surface area contributed by atoms with E-state index in [-0.39, 0.29) is 0 Å². The minimum Gasteiger partial charge on any atom is -0.242 e. The Morgan fingerprint density at radius 3 is 1.64 bits per heavy atom. The van der Waals surface area contributed by atoms with Crippen LogP contribution in [0.3, 0.4) is 0 Å². The van der Waals surface area contributed by atoms with Crippen LogP contribution in [0.25, 0.3) is 0 Å². The Labute approximate surface area is 69.6 Å². The molecule has 0 aromatic rings. The van der Waals surface area contributed by atoms with Crippen LogP contribution in [0.15, 0.2) is 0 Å². The van der Waals surface area contributed by atoms with Crippen molar-refractivity contribution in [3.05, 3.63) is 0 Å². The molecule has 1 heteroatoms. The average Bonchev–Trinajstić information content (AvgIpc) is 2.83. The van der Waals surface area contributed by atoms with Crippen molar-refractivity contribution in [1.82, 2.24) is 5.32 Å². The highest BCUT2D eigenvalue weighted by atomic mass is 14.8. The quantitative estimate of drug-likeness (QED) is 0.518. The molecule has 0 heterocycles. The summed E-state index contributed by atoms with van der Waals surface area (Å²) in [5, 5.41) is 4.53. The Bertz CT molecular complexity index is 100. The Morgan fingerprint density at radius 2 is 1.27 bits per heavy atom. The Hall–Kier alpha value is -0.0400. The second-order valence-corrected chi connectivity index (χ2v) is 4.13. The van der Waals surface area contributed by atoms with Crippen LogP contribution >= 0.6 is 0 Å². The topological polar surface area (TPSA) is 14.1 Å². The van der Waals surface area contributed by atoms with Gasteiger partial charge in [-0.3, -0.25) is 0 Å². The van der Waals surface area contributed by atoms with Crippen LogP contribution in [-0.4, -0.2) is 13.1 Å². The zero-order valence-electron chi connectivity index (χ0n) is 7.26. The fourth-order valence-electron chi connectivity index (χ4n) is 1.47. The summed E-state index contributed by atoms with van der Waals surface area (Å²) in [6, 6.07) is 0. The molecule has 2 rings (SSSR count). The van der Waals surface area contributed by atoms with Crippen LogP contribution in [0.2, 0.25) is 0 Å². The zero-order valence-corrected chi connectivity index (χ0v) is 7.26. The van der Waals surface area contributed by atoms with Crippen LogP contribution in [0.1, 0.15) is 38.5 Å². The number of rotatable bonds is 6. The van der Waals surface area contributed by atoms with Crippen molar-refractivity contribution < 1.29 is 0 Å². The highest BCUT2D eigenvalue weighted by Gasteiger charge is 2.22. The van der Waals surface area contributed by atoms with Gasteiger partial charge in [-0.15, -0.1) is 0 Å². The fraction of sp³-hybridized carbons (Fsp3) is 1.00. The van der Waals surface area contributed by atoms with Crippen LogP contribution in [0.5, 0.6) is 0 Å². The van der Waals surface area contributed by atoms with Crippen molar-refractivity contribution >= 4 is 0 Å². The van der Waals surface area contributed by atoms with Gasteiger partial charge in [-0.25, -0.2) is 5.32 Å². The lowest BCUT2D eigenvalue weighted by molar-refractivity contribution is 0.566. The van der Waals surface area contributed by atoms with E-state index in [2.05, 4.69) is 5.32 Å². The van der Waals surface area contributed by atoms with Crippen molar-refractivity contribution in [2.45, 2.75) is 38.5 Å². The van der Waals surface area contributed by atoms with E-state index in [0.29, 0.717) is 0 Å². The van der Waals surface area contributed by atoms with Gasteiger partial charge in [0.2, 0.25) is 0 Å². The molecule has 1 nitrogen and oxygen atoms in total. The molecule has 0 aromatic carbocycles. The lowest BCUT2D eigenvalue weighted by Gasteiger charge is -1.99. The molecular formula is C10H18N. The van der Waals surface area contributed by atoms with E-state index in [0.717, 1.165) is 24.9 Å². The van der Waals surface area contributed by atoms with E-state index in [9.17, 15) is 0 Å². The highest BCUT2D eigenvalue weighted by Crippen LogP contribution is 2.33. The van der Waals surface area contributed by atoms with Crippen molar-refractivity contribution in [3.8, 4) is 0 Å². The monoisotopic (exact) mass is 152 g/mol. The van der Waals surface area contributed by atoms with E-state index in [1.54, 1.807) is 0 Å². The molecule has 0 N–H and O–H groups in total. The molecule has 2 aliphatic carbocycles. The van der Waals surface area contributed by atoms with E-state index in [1.807, 2.05) is 0 Å². The molecule has 0 atom stereocenters. The van der Waals surface area contributed by atoms with Gasteiger partial charge in [0.25, 0.3) is 0 Å². The van der Waals surface area contributed by atoms with Gasteiger partial charge < -0.3 is 0 Å². The molecule has 2 aliphatic rings. The first kappa shape index (κ1) is 7.60. The summed E-state index contributed by atoms with van der Waals surface area (Å²) in [6.07, 6.45) is 8.70.